The molecule has 35 heavy (non-hydrogen) atoms. The molecule has 9 heteroatoms. The van der Waals surface area contributed by atoms with Gasteiger partial charge >= 0.3 is 0 Å². The minimum Gasteiger partial charge on any atom is -0.451 e. The zero-order valence-corrected chi connectivity index (χ0v) is 19.1. The van der Waals surface area contributed by atoms with Gasteiger partial charge in [0.15, 0.2) is 6.39 Å². The van der Waals surface area contributed by atoms with Crippen LogP contribution in [0, 0.1) is 17.7 Å². The molecular weight excluding hydrogens is 451 g/mol. The van der Waals surface area contributed by atoms with Crippen molar-refractivity contribution in [1.82, 2.24) is 19.8 Å². The fourth-order valence-corrected chi connectivity index (χ4v) is 5.97. The summed E-state index contributed by atoms with van der Waals surface area (Å²) >= 11 is 0. The van der Waals surface area contributed by atoms with E-state index in [1.807, 2.05) is 6.07 Å². The first-order valence-corrected chi connectivity index (χ1v) is 12.1. The van der Waals surface area contributed by atoms with Gasteiger partial charge in [-0.05, 0) is 49.1 Å². The summed E-state index contributed by atoms with van der Waals surface area (Å²) in [5, 5.41) is 13.6. The molecule has 1 saturated carbocycles. The van der Waals surface area contributed by atoms with Crippen LogP contribution in [-0.4, -0.2) is 44.2 Å². The van der Waals surface area contributed by atoms with Gasteiger partial charge in [-0.1, -0.05) is 12.1 Å². The van der Waals surface area contributed by atoms with Gasteiger partial charge in [-0.2, -0.15) is 0 Å². The second kappa shape index (κ2) is 8.73. The average molecular weight is 479 g/mol. The Kier molecular flexibility index (Phi) is 5.53. The van der Waals surface area contributed by atoms with E-state index in [-0.39, 0.29) is 36.1 Å². The number of oxazole rings is 1. The van der Waals surface area contributed by atoms with Crippen LogP contribution in [0.15, 0.2) is 58.3 Å². The van der Waals surface area contributed by atoms with Gasteiger partial charge < -0.3 is 19.4 Å². The van der Waals surface area contributed by atoms with E-state index in [4.69, 9.17) is 4.42 Å². The number of nitrogens with zero attached hydrogens (tertiary/aromatic N) is 3. The number of amides is 1. The Labute approximate surface area is 201 Å². The number of aliphatic hydroxyl groups is 1. The lowest BCUT2D eigenvalue weighted by Crippen LogP contribution is -2.47. The second-order valence-corrected chi connectivity index (χ2v) is 9.77. The van der Waals surface area contributed by atoms with Gasteiger partial charge in [0.05, 0.1) is 17.7 Å². The van der Waals surface area contributed by atoms with Crippen LogP contribution in [0.1, 0.15) is 36.7 Å². The summed E-state index contributed by atoms with van der Waals surface area (Å²) < 4.78 is 20.7. The summed E-state index contributed by atoms with van der Waals surface area (Å²) in [5.41, 5.74) is 2.15. The van der Waals surface area contributed by atoms with Crippen molar-refractivity contribution >= 4 is 5.91 Å². The van der Waals surface area contributed by atoms with Crippen molar-refractivity contribution in [2.75, 3.05) is 6.61 Å². The molecule has 2 aliphatic heterocycles. The maximum atomic E-state index is 13.9. The van der Waals surface area contributed by atoms with Crippen LogP contribution in [0.4, 0.5) is 4.39 Å². The summed E-state index contributed by atoms with van der Waals surface area (Å²) in [6.45, 7) is 0.595. The number of hydrogen-bond donors (Lipinski definition) is 2. The van der Waals surface area contributed by atoms with Crippen molar-refractivity contribution in [1.29, 1.82) is 0 Å². The third-order valence-corrected chi connectivity index (χ3v) is 7.89. The monoisotopic (exact) mass is 478 g/mol. The SMILES string of the molecule is O=C(NC1CCC1)[C@@H]1[C@@H](CO)[C@@H]2Cn3c(ccc(-c4cccc(F)c4)c3=O)[C@H]1N2Cc1cocn1. The van der Waals surface area contributed by atoms with E-state index < -0.39 is 17.8 Å². The number of nitrogens with one attached hydrogen (secondary N) is 1. The standard InChI is InChI=1S/C26H27FN4O4/c27-16-4-1-3-15(9-16)19-7-8-21-24-23(25(33)29-17-5-2-6-17)20(12-32)22(11-31(21)26(19)34)30(24)10-18-13-35-14-28-18/h1,3-4,7-9,13-14,17,20,22-24,32H,2,5-6,10-12H2,(H,29,33)/t20-,22-,23+,24+/m0/s1. The Balaban J connectivity index is 1.44. The van der Waals surface area contributed by atoms with Gasteiger partial charge in [0.2, 0.25) is 5.91 Å². The third-order valence-electron chi connectivity index (χ3n) is 7.89. The van der Waals surface area contributed by atoms with Gasteiger partial charge in [-0.15, -0.1) is 0 Å². The predicted molar refractivity (Wildman–Crippen MR) is 125 cm³/mol. The van der Waals surface area contributed by atoms with Crippen molar-refractivity contribution in [2.24, 2.45) is 11.8 Å². The molecule has 1 aliphatic carbocycles. The predicted octanol–water partition coefficient (Wildman–Crippen LogP) is 2.47. The van der Waals surface area contributed by atoms with E-state index in [9.17, 15) is 19.1 Å². The highest BCUT2D eigenvalue weighted by atomic mass is 19.1. The van der Waals surface area contributed by atoms with Crippen LogP contribution in [-0.2, 0) is 17.9 Å². The van der Waals surface area contributed by atoms with Crippen LogP contribution in [0.25, 0.3) is 11.1 Å². The van der Waals surface area contributed by atoms with Crippen LogP contribution < -0.4 is 10.9 Å². The summed E-state index contributed by atoms with van der Waals surface area (Å²) in [5.74, 6) is -1.34. The normalized spacial score (nSPS) is 25.8. The molecule has 4 heterocycles. The second-order valence-electron chi connectivity index (χ2n) is 9.77. The molecule has 1 saturated heterocycles. The van der Waals surface area contributed by atoms with Gasteiger partial charge in [-0.3, -0.25) is 14.5 Å². The molecule has 0 spiro atoms. The Bertz CT molecular complexity index is 1300. The van der Waals surface area contributed by atoms with Gasteiger partial charge in [0.1, 0.15) is 12.1 Å². The number of hydrogen-bond acceptors (Lipinski definition) is 6. The molecular formula is C26H27FN4O4. The maximum Gasteiger partial charge on any atom is 0.258 e. The molecule has 6 rings (SSSR count). The first kappa shape index (κ1) is 22.2. The molecule has 3 aliphatic rings. The molecule has 1 aromatic carbocycles. The lowest BCUT2D eigenvalue weighted by atomic mass is 9.85. The minimum absolute atomic E-state index is 0.0819. The van der Waals surface area contributed by atoms with Crippen LogP contribution in [0.5, 0.6) is 0 Å². The molecule has 0 radical (unpaired) electrons. The van der Waals surface area contributed by atoms with E-state index in [0.717, 1.165) is 30.7 Å². The lowest BCUT2D eigenvalue weighted by Gasteiger charge is -2.38. The highest BCUT2D eigenvalue weighted by Gasteiger charge is 2.56. The zero-order valence-electron chi connectivity index (χ0n) is 19.1. The molecule has 2 aromatic heterocycles. The number of pyridine rings is 1. The Hall–Kier alpha value is -3.30. The summed E-state index contributed by atoms with van der Waals surface area (Å²) in [7, 11) is 0. The number of aromatic nitrogens is 2. The molecule has 0 unspecified atom stereocenters. The Morgan fingerprint density at radius 2 is 2.11 bits per heavy atom. The molecule has 1 amide bonds. The topological polar surface area (TPSA) is 101 Å². The number of aliphatic hydroxyl groups excluding tert-OH is 1. The van der Waals surface area contributed by atoms with Gasteiger partial charge in [0, 0.05) is 49.0 Å². The fraction of sp³-hybridized carbons (Fsp3) is 0.423. The fourth-order valence-electron chi connectivity index (χ4n) is 5.97. The quantitative estimate of drug-likeness (QED) is 0.565. The lowest BCUT2D eigenvalue weighted by molar-refractivity contribution is -0.128. The Morgan fingerprint density at radius 1 is 1.26 bits per heavy atom. The zero-order chi connectivity index (χ0) is 24.1. The number of carbonyl (C=O) groups excluding carboxylic acids is 1. The smallest absolute Gasteiger partial charge is 0.258 e. The van der Waals surface area contributed by atoms with Crippen LogP contribution in [0.3, 0.4) is 0 Å². The highest BCUT2D eigenvalue weighted by Crippen LogP contribution is 2.49. The average Bonchev–Trinajstić information content (AvgIpc) is 3.40. The van der Waals surface area contributed by atoms with Crippen molar-refractivity contribution < 1.29 is 18.7 Å². The molecule has 4 atom stereocenters. The minimum atomic E-state index is -0.509. The molecule has 2 N–H and O–H groups in total. The Morgan fingerprint density at radius 3 is 2.80 bits per heavy atom. The van der Waals surface area contributed by atoms with Crippen LogP contribution >= 0.6 is 0 Å². The van der Waals surface area contributed by atoms with Gasteiger partial charge in [-0.25, -0.2) is 9.37 Å². The van der Waals surface area contributed by atoms with Gasteiger partial charge in [0.25, 0.3) is 5.56 Å². The van der Waals surface area contributed by atoms with Crippen molar-refractivity contribution in [3.8, 4) is 11.1 Å². The molecule has 8 nitrogen and oxygen atoms in total. The van der Waals surface area contributed by atoms with Crippen molar-refractivity contribution in [3.05, 3.63) is 76.6 Å². The molecule has 2 fully saturated rings. The van der Waals surface area contributed by atoms with E-state index in [0.29, 0.717) is 24.2 Å². The van der Waals surface area contributed by atoms with E-state index >= 15 is 0 Å². The number of benzene rings is 1. The van der Waals surface area contributed by atoms with Crippen molar-refractivity contribution in [2.45, 2.75) is 50.5 Å². The first-order chi connectivity index (χ1) is 17.0. The van der Waals surface area contributed by atoms with E-state index in [1.54, 1.807) is 29.0 Å². The number of halogens is 1. The summed E-state index contributed by atoms with van der Waals surface area (Å²) in [6.07, 6.45) is 5.98. The first-order valence-electron chi connectivity index (χ1n) is 12.1. The third kappa shape index (κ3) is 3.70. The summed E-state index contributed by atoms with van der Waals surface area (Å²) in [6, 6.07) is 9.09. The van der Waals surface area contributed by atoms with E-state index in [2.05, 4.69) is 15.2 Å². The van der Waals surface area contributed by atoms with E-state index in [1.165, 1.54) is 18.5 Å². The van der Waals surface area contributed by atoms with Crippen LogP contribution in [0.2, 0.25) is 0 Å². The largest absolute Gasteiger partial charge is 0.451 e. The summed E-state index contributed by atoms with van der Waals surface area (Å²) in [4.78, 5) is 33.5. The highest BCUT2D eigenvalue weighted by molar-refractivity contribution is 5.81. The number of fused-ring (bicyclic) bond motifs is 4. The maximum absolute atomic E-state index is 13.9. The molecule has 2 bridgehead atoms. The van der Waals surface area contributed by atoms with Crippen molar-refractivity contribution in [3.63, 3.8) is 0 Å². The molecule has 182 valence electrons. The number of carbonyl (C=O) groups is 1. The number of rotatable bonds is 6. The molecule has 3 aromatic rings.